The Kier molecular flexibility index (Phi) is 7.20. The van der Waals surface area contributed by atoms with E-state index < -0.39 is 5.92 Å². The van der Waals surface area contributed by atoms with Gasteiger partial charge in [-0.25, -0.2) is 0 Å². The molecule has 2 N–H and O–H groups in total. The zero-order chi connectivity index (χ0) is 29.0. The Balaban J connectivity index is 1.52. The van der Waals surface area contributed by atoms with Crippen molar-refractivity contribution in [3.63, 3.8) is 0 Å². The monoisotopic (exact) mass is 560 g/mol. The molecule has 210 valence electrons. The normalized spacial score (nSPS) is 20.1. The number of carbonyl (C=O) groups is 3. The number of Topliss-reactive ketones (excluding diaryl/α,β-unsaturated/α-hetero) is 2. The summed E-state index contributed by atoms with van der Waals surface area (Å²) < 4.78 is 6.09. The molecule has 0 saturated heterocycles. The lowest BCUT2D eigenvalue weighted by Gasteiger charge is -2.44. The molecule has 1 heterocycles. The van der Waals surface area contributed by atoms with Crippen LogP contribution in [-0.2, 0) is 14.4 Å². The topological polar surface area (TPSA) is 84.5 Å². The zero-order valence-corrected chi connectivity index (χ0v) is 24.8. The van der Waals surface area contributed by atoms with E-state index in [2.05, 4.69) is 38.3 Å². The smallest absolute Gasteiger partial charge is 0.262 e. The molecular formula is C33H37ClN2O4. The molecule has 7 heteroatoms. The second kappa shape index (κ2) is 10.2. The van der Waals surface area contributed by atoms with Gasteiger partial charge in [0.25, 0.3) is 5.91 Å². The van der Waals surface area contributed by atoms with Gasteiger partial charge in [-0.3, -0.25) is 14.4 Å². The highest BCUT2D eigenvalue weighted by atomic mass is 35.5. The Hall–Kier alpha value is -3.38. The van der Waals surface area contributed by atoms with Crippen molar-refractivity contribution in [3.05, 3.63) is 80.7 Å². The summed E-state index contributed by atoms with van der Waals surface area (Å²) in [6.45, 7) is 12.1. The maximum atomic E-state index is 13.7. The largest absolute Gasteiger partial charge is 0.483 e. The minimum absolute atomic E-state index is 0.0198. The Morgan fingerprint density at radius 1 is 0.900 bits per heavy atom. The van der Waals surface area contributed by atoms with E-state index in [1.165, 1.54) is 0 Å². The highest BCUT2D eigenvalue weighted by molar-refractivity contribution is 6.30. The molecule has 0 spiro atoms. The first-order chi connectivity index (χ1) is 18.7. The predicted molar refractivity (Wildman–Crippen MR) is 157 cm³/mol. The molecule has 3 aliphatic rings. The van der Waals surface area contributed by atoms with Crippen LogP contribution in [0.25, 0.3) is 0 Å². The quantitative estimate of drug-likeness (QED) is 0.413. The maximum Gasteiger partial charge on any atom is 0.262 e. The number of carbonyl (C=O) groups excluding carboxylic acids is 3. The minimum atomic E-state index is -0.602. The fourth-order valence-corrected chi connectivity index (χ4v) is 6.42. The van der Waals surface area contributed by atoms with Crippen LogP contribution in [0.4, 0.5) is 5.69 Å². The number of anilines is 1. The molecule has 6 nitrogen and oxygen atoms in total. The van der Waals surface area contributed by atoms with Gasteiger partial charge in [-0.2, -0.15) is 0 Å². The van der Waals surface area contributed by atoms with Crippen molar-refractivity contribution in [1.29, 1.82) is 0 Å². The number of rotatable bonds is 5. The summed E-state index contributed by atoms with van der Waals surface area (Å²) in [6, 6.07) is 10.9. The Labute approximate surface area is 241 Å². The molecule has 0 aromatic heterocycles. The molecule has 0 radical (unpaired) electrons. The van der Waals surface area contributed by atoms with E-state index in [1.54, 1.807) is 18.2 Å². The number of hydrogen-bond donors (Lipinski definition) is 2. The maximum absolute atomic E-state index is 13.7. The second-order valence-corrected chi connectivity index (χ2v) is 13.5. The molecular weight excluding hydrogens is 524 g/mol. The van der Waals surface area contributed by atoms with Gasteiger partial charge >= 0.3 is 0 Å². The summed E-state index contributed by atoms with van der Waals surface area (Å²) in [5.74, 6) is -0.437. The summed E-state index contributed by atoms with van der Waals surface area (Å²) in [7, 11) is 0. The summed E-state index contributed by atoms with van der Waals surface area (Å²) in [6.07, 6.45) is 2.18. The van der Waals surface area contributed by atoms with Crippen LogP contribution < -0.4 is 15.4 Å². The van der Waals surface area contributed by atoms with Gasteiger partial charge in [-0.15, -0.1) is 0 Å². The van der Waals surface area contributed by atoms with E-state index in [1.807, 2.05) is 32.0 Å². The summed E-state index contributed by atoms with van der Waals surface area (Å²) in [5, 5.41) is 6.88. The Morgan fingerprint density at radius 2 is 1.50 bits per heavy atom. The van der Waals surface area contributed by atoms with E-state index in [4.69, 9.17) is 16.3 Å². The first-order valence-electron chi connectivity index (χ1n) is 13.8. The summed E-state index contributed by atoms with van der Waals surface area (Å²) in [5.41, 5.74) is 6.12. The highest BCUT2D eigenvalue weighted by Crippen LogP contribution is 2.52. The standard InChI is InChI=1S/C33H37ClN2O4/c1-18-7-9-21(11-19(18)2)35-28(39)17-40-27-10-8-20(34)12-22(27)29-30-23(13-32(3,4)15-25(30)37)36-24-14-33(5,6)16-26(38)31(24)29/h7-12,29,36H,13-17H2,1-6H3,(H,35,39). The number of ether oxygens (including phenoxy) is 1. The molecule has 5 rings (SSSR count). The minimum Gasteiger partial charge on any atom is -0.483 e. The first kappa shape index (κ1) is 28.2. The zero-order valence-electron chi connectivity index (χ0n) is 24.1. The number of allylic oxidation sites excluding steroid dienone is 4. The van der Waals surface area contributed by atoms with Crippen molar-refractivity contribution in [1.82, 2.24) is 5.32 Å². The third-order valence-electron chi connectivity index (χ3n) is 8.15. The van der Waals surface area contributed by atoms with E-state index >= 15 is 0 Å². The van der Waals surface area contributed by atoms with Crippen LogP contribution in [0.3, 0.4) is 0 Å². The number of hydrogen-bond acceptors (Lipinski definition) is 5. The molecule has 40 heavy (non-hydrogen) atoms. The van der Waals surface area contributed by atoms with Crippen LogP contribution in [0.1, 0.15) is 76.0 Å². The fraction of sp³-hybridized carbons (Fsp3) is 0.424. The van der Waals surface area contributed by atoms with Crippen LogP contribution in [0.15, 0.2) is 58.9 Å². The molecule has 0 atom stereocenters. The third-order valence-corrected chi connectivity index (χ3v) is 8.39. The third kappa shape index (κ3) is 5.60. The van der Waals surface area contributed by atoms with E-state index in [-0.39, 0.29) is 34.9 Å². The number of ketones is 2. The van der Waals surface area contributed by atoms with Crippen LogP contribution in [0.5, 0.6) is 5.75 Å². The van der Waals surface area contributed by atoms with Gasteiger partial charge in [0, 0.05) is 57.6 Å². The lowest BCUT2D eigenvalue weighted by atomic mass is 9.64. The SMILES string of the molecule is Cc1ccc(NC(=O)COc2ccc(Cl)cc2C2C3=C(CC(C)(C)CC3=O)NC3=C2C(=O)CC(C)(C)C3)cc1C. The van der Waals surface area contributed by atoms with Crippen molar-refractivity contribution in [3.8, 4) is 5.75 Å². The number of benzene rings is 2. The average Bonchev–Trinajstić information content (AvgIpc) is 2.82. The van der Waals surface area contributed by atoms with E-state index in [0.29, 0.717) is 58.9 Å². The first-order valence-corrected chi connectivity index (χ1v) is 14.2. The second-order valence-electron chi connectivity index (χ2n) is 13.0. The molecule has 2 aromatic carbocycles. The van der Waals surface area contributed by atoms with Gasteiger partial charge in [-0.05, 0) is 79.0 Å². The summed E-state index contributed by atoms with van der Waals surface area (Å²) >= 11 is 6.49. The molecule has 0 saturated carbocycles. The van der Waals surface area contributed by atoms with Crippen LogP contribution in [-0.4, -0.2) is 24.1 Å². The number of nitrogens with one attached hydrogen (secondary N) is 2. The Morgan fingerprint density at radius 3 is 2.08 bits per heavy atom. The van der Waals surface area contributed by atoms with Crippen LogP contribution in [0, 0.1) is 24.7 Å². The summed E-state index contributed by atoms with van der Waals surface area (Å²) in [4.78, 5) is 40.2. The van der Waals surface area contributed by atoms with Crippen LogP contribution >= 0.6 is 11.6 Å². The number of halogens is 1. The molecule has 1 amide bonds. The fourth-order valence-electron chi connectivity index (χ4n) is 6.24. The van der Waals surface area contributed by atoms with Crippen LogP contribution in [0.2, 0.25) is 5.02 Å². The van der Waals surface area contributed by atoms with Crippen molar-refractivity contribution in [2.75, 3.05) is 11.9 Å². The van der Waals surface area contributed by atoms with E-state index in [0.717, 1.165) is 22.5 Å². The molecule has 2 aliphatic carbocycles. The number of dihydropyridines is 1. The molecule has 0 fully saturated rings. The molecule has 2 aromatic rings. The Bertz CT molecular complexity index is 1450. The lowest BCUT2D eigenvalue weighted by Crippen LogP contribution is -2.42. The molecule has 1 aliphatic heterocycles. The van der Waals surface area contributed by atoms with Crippen molar-refractivity contribution in [2.45, 2.75) is 73.1 Å². The predicted octanol–water partition coefficient (Wildman–Crippen LogP) is 6.95. The average molecular weight is 561 g/mol. The van der Waals surface area contributed by atoms with Crippen molar-refractivity contribution in [2.24, 2.45) is 10.8 Å². The van der Waals surface area contributed by atoms with Gasteiger partial charge in [0.05, 0.1) is 0 Å². The lowest BCUT2D eigenvalue weighted by molar-refractivity contribution is -0.120. The molecule has 0 unspecified atom stereocenters. The van der Waals surface area contributed by atoms with Gasteiger partial charge in [0.15, 0.2) is 18.2 Å². The molecule has 0 bridgehead atoms. The van der Waals surface area contributed by atoms with Gasteiger partial charge in [0.1, 0.15) is 5.75 Å². The number of amides is 1. The van der Waals surface area contributed by atoms with E-state index in [9.17, 15) is 14.4 Å². The van der Waals surface area contributed by atoms with Gasteiger partial charge < -0.3 is 15.4 Å². The van der Waals surface area contributed by atoms with Crippen molar-refractivity contribution < 1.29 is 19.1 Å². The van der Waals surface area contributed by atoms with Gasteiger partial charge in [-0.1, -0.05) is 45.4 Å². The number of aryl methyl sites for hydroxylation is 2. The van der Waals surface area contributed by atoms with Gasteiger partial charge in [0.2, 0.25) is 0 Å². The van der Waals surface area contributed by atoms with Crippen molar-refractivity contribution >= 4 is 34.8 Å². The highest BCUT2D eigenvalue weighted by Gasteiger charge is 2.47.